The van der Waals surface area contributed by atoms with Gasteiger partial charge in [-0.2, -0.15) is 5.10 Å². The number of carbonyl (C=O) groups is 1. The number of anilines is 1. The minimum Gasteiger partial charge on any atom is -0.493 e. The Morgan fingerprint density at radius 3 is 2.67 bits per heavy atom. The van der Waals surface area contributed by atoms with Crippen LogP contribution in [0.15, 0.2) is 53.6 Å². The van der Waals surface area contributed by atoms with Gasteiger partial charge in [-0.3, -0.25) is 0 Å². The zero-order chi connectivity index (χ0) is 17.2. The third-order valence-corrected chi connectivity index (χ3v) is 3.06. The van der Waals surface area contributed by atoms with E-state index in [9.17, 15) is 4.79 Å². The Hall–Kier alpha value is -3.02. The maximum Gasteiger partial charge on any atom is 0.339 e. The van der Waals surface area contributed by atoms with Gasteiger partial charge < -0.3 is 14.8 Å². The first kappa shape index (κ1) is 17.3. The van der Waals surface area contributed by atoms with Crippen LogP contribution in [0.25, 0.3) is 0 Å². The van der Waals surface area contributed by atoms with Crippen molar-refractivity contribution in [3.05, 3.63) is 54.1 Å². The van der Waals surface area contributed by atoms with Crippen LogP contribution in [0.1, 0.15) is 18.9 Å². The van der Waals surface area contributed by atoms with Gasteiger partial charge in [0.25, 0.3) is 0 Å². The molecule has 0 spiro atoms. The van der Waals surface area contributed by atoms with Gasteiger partial charge in [-0.1, -0.05) is 25.1 Å². The molecule has 0 atom stereocenters. The van der Waals surface area contributed by atoms with Crippen molar-refractivity contribution in [2.45, 2.75) is 13.3 Å². The summed E-state index contributed by atoms with van der Waals surface area (Å²) >= 11 is 0. The molecule has 0 aliphatic rings. The molecule has 2 amide bonds. The van der Waals surface area contributed by atoms with Gasteiger partial charge in [0.2, 0.25) is 0 Å². The van der Waals surface area contributed by atoms with Crippen molar-refractivity contribution in [3.63, 3.8) is 0 Å². The molecule has 0 unspecified atom stereocenters. The van der Waals surface area contributed by atoms with E-state index in [1.54, 1.807) is 25.3 Å². The number of nitrogens with zero attached hydrogens (tertiary/aromatic N) is 1. The Kier molecular flexibility index (Phi) is 6.64. The maximum absolute atomic E-state index is 11.7. The quantitative estimate of drug-likeness (QED) is 0.602. The number of para-hydroxylation sites is 1. The molecule has 126 valence electrons. The summed E-state index contributed by atoms with van der Waals surface area (Å²) in [5.74, 6) is 1.31. The Morgan fingerprint density at radius 1 is 1.17 bits per heavy atom. The molecular formula is C18H21N3O3. The molecule has 0 aliphatic carbocycles. The van der Waals surface area contributed by atoms with Gasteiger partial charge >= 0.3 is 6.03 Å². The Labute approximate surface area is 141 Å². The zero-order valence-corrected chi connectivity index (χ0v) is 13.8. The predicted octanol–water partition coefficient (Wildman–Crippen LogP) is 3.64. The summed E-state index contributed by atoms with van der Waals surface area (Å²) in [7, 11) is 1.58. The predicted molar refractivity (Wildman–Crippen MR) is 95.0 cm³/mol. The summed E-state index contributed by atoms with van der Waals surface area (Å²) in [4.78, 5) is 11.7. The molecule has 2 aromatic carbocycles. The van der Waals surface area contributed by atoms with Crippen LogP contribution >= 0.6 is 0 Å². The van der Waals surface area contributed by atoms with Crippen LogP contribution in [0.2, 0.25) is 0 Å². The van der Waals surface area contributed by atoms with E-state index in [2.05, 4.69) is 15.8 Å². The number of urea groups is 1. The number of hydrazone groups is 1. The first-order chi connectivity index (χ1) is 11.7. The normalized spacial score (nSPS) is 10.4. The number of nitrogens with one attached hydrogen (secondary N) is 2. The Balaban J connectivity index is 1.92. The lowest BCUT2D eigenvalue weighted by atomic mass is 10.2. The zero-order valence-electron chi connectivity index (χ0n) is 13.8. The van der Waals surface area contributed by atoms with Crippen LogP contribution in [-0.4, -0.2) is 26.0 Å². The van der Waals surface area contributed by atoms with Crippen molar-refractivity contribution in [2.24, 2.45) is 5.10 Å². The molecule has 0 saturated carbocycles. The SMILES string of the molecule is CCCOc1ccc(/C=N/NC(=O)Nc2ccccc2)cc1OC. The molecular weight excluding hydrogens is 306 g/mol. The molecule has 6 nitrogen and oxygen atoms in total. The Morgan fingerprint density at radius 2 is 1.96 bits per heavy atom. The summed E-state index contributed by atoms with van der Waals surface area (Å²) in [6, 6.07) is 14.2. The number of hydrogen-bond donors (Lipinski definition) is 2. The van der Waals surface area contributed by atoms with Crippen molar-refractivity contribution in [1.82, 2.24) is 5.43 Å². The van der Waals surface area contributed by atoms with Gasteiger partial charge in [0.05, 0.1) is 19.9 Å². The second-order valence-electron chi connectivity index (χ2n) is 4.95. The highest BCUT2D eigenvalue weighted by atomic mass is 16.5. The first-order valence-electron chi connectivity index (χ1n) is 7.69. The standard InChI is InChI=1S/C18H21N3O3/c1-3-11-24-16-10-9-14(12-17(16)23-2)13-19-21-18(22)20-15-7-5-4-6-8-15/h4-10,12-13H,3,11H2,1-2H3,(H2,20,21,22)/b19-13+. The molecule has 6 heteroatoms. The molecule has 2 aromatic rings. The average Bonchev–Trinajstić information content (AvgIpc) is 2.61. The highest BCUT2D eigenvalue weighted by Gasteiger charge is 2.05. The van der Waals surface area contributed by atoms with Crippen LogP contribution < -0.4 is 20.2 Å². The molecule has 2 N–H and O–H groups in total. The van der Waals surface area contributed by atoms with Crippen LogP contribution in [0, 0.1) is 0 Å². The third-order valence-electron chi connectivity index (χ3n) is 3.06. The van der Waals surface area contributed by atoms with E-state index < -0.39 is 6.03 Å². The lowest BCUT2D eigenvalue weighted by Crippen LogP contribution is -2.24. The van der Waals surface area contributed by atoms with Gasteiger partial charge in [-0.15, -0.1) is 0 Å². The molecule has 0 bridgehead atoms. The van der Waals surface area contributed by atoms with Gasteiger partial charge in [-0.25, -0.2) is 10.2 Å². The highest BCUT2D eigenvalue weighted by Crippen LogP contribution is 2.27. The second kappa shape index (κ2) is 9.19. The molecule has 24 heavy (non-hydrogen) atoms. The monoisotopic (exact) mass is 327 g/mol. The molecule has 0 aliphatic heterocycles. The summed E-state index contributed by atoms with van der Waals surface area (Å²) in [5.41, 5.74) is 3.90. The van der Waals surface area contributed by atoms with E-state index in [-0.39, 0.29) is 0 Å². The van der Waals surface area contributed by atoms with Crippen LogP contribution in [0.4, 0.5) is 10.5 Å². The van der Waals surface area contributed by atoms with Crippen molar-refractivity contribution in [1.29, 1.82) is 0 Å². The highest BCUT2D eigenvalue weighted by molar-refractivity contribution is 5.90. The van der Waals surface area contributed by atoms with E-state index in [4.69, 9.17) is 9.47 Å². The lowest BCUT2D eigenvalue weighted by molar-refractivity contribution is 0.252. The largest absolute Gasteiger partial charge is 0.493 e. The molecule has 0 aromatic heterocycles. The maximum atomic E-state index is 11.7. The number of hydrogen-bond acceptors (Lipinski definition) is 4. The second-order valence-corrected chi connectivity index (χ2v) is 4.95. The summed E-state index contributed by atoms with van der Waals surface area (Å²) in [6.07, 6.45) is 2.46. The van der Waals surface area contributed by atoms with Gasteiger partial charge in [0, 0.05) is 5.69 Å². The summed E-state index contributed by atoms with van der Waals surface area (Å²) < 4.78 is 10.9. The fourth-order valence-corrected chi connectivity index (χ4v) is 1.94. The molecule has 0 heterocycles. The molecule has 0 fully saturated rings. The fraction of sp³-hybridized carbons (Fsp3) is 0.222. The van der Waals surface area contributed by atoms with Crippen LogP contribution in [0.5, 0.6) is 11.5 Å². The topological polar surface area (TPSA) is 72.0 Å². The minimum atomic E-state index is -0.410. The van der Waals surface area contributed by atoms with E-state index in [1.165, 1.54) is 6.21 Å². The van der Waals surface area contributed by atoms with E-state index in [0.29, 0.717) is 23.8 Å². The van der Waals surface area contributed by atoms with Crippen molar-refractivity contribution >= 4 is 17.9 Å². The first-order valence-corrected chi connectivity index (χ1v) is 7.69. The van der Waals surface area contributed by atoms with Gasteiger partial charge in [-0.05, 0) is 42.3 Å². The van der Waals surface area contributed by atoms with Crippen LogP contribution in [-0.2, 0) is 0 Å². The van der Waals surface area contributed by atoms with Crippen LogP contribution in [0.3, 0.4) is 0 Å². The van der Waals surface area contributed by atoms with Crippen molar-refractivity contribution in [3.8, 4) is 11.5 Å². The minimum absolute atomic E-state index is 0.410. The fourth-order valence-electron chi connectivity index (χ4n) is 1.94. The third kappa shape index (κ3) is 5.31. The number of methoxy groups -OCH3 is 1. The molecule has 0 saturated heterocycles. The van der Waals surface area contributed by atoms with E-state index in [1.807, 2.05) is 37.3 Å². The van der Waals surface area contributed by atoms with E-state index in [0.717, 1.165) is 12.0 Å². The number of benzene rings is 2. The number of amides is 2. The van der Waals surface area contributed by atoms with E-state index >= 15 is 0 Å². The average molecular weight is 327 g/mol. The summed E-state index contributed by atoms with van der Waals surface area (Å²) in [6.45, 7) is 2.67. The smallest absolute Gasteiger partial charge is 0.339 e. The molecule has 0 radical (unpaired) electrons. The van der Waals surface area contributed by atoms with Crippen molar-refractivity contribution in [2.75, 3.05) is 19.0 Å². The Bertz CT molecular complexity index is 687. The summed E-state index contributed by atoms with van der Waals surface area (Å²) in [5, 5.41) is 6.60. The van der Waals surface area contributed by atoms with Crippen molar-refractivity contribution < 1.29 is 14.3 Å². The lowest BCUT2D eigenvalue weighted by Gasteiger charge is -2.10. The number of rotatable bonds is 7. The van der Waals surface area contributed by atoms with Gasteiger partial charge in [0.1, 0.15) is 0 Å². The number of ether oxygens (including phenoxy) is 2. The van der Waals surface area contributed by atoms with Gasteiger partial charge in [0.15, 0.2) is 11.5 Å². The molecule has 2 rings (SSSR count). The number of carbonyl (C=O) groups excluding carboxylic acids is 1.